The molecule has 0 saturated carbocycles. The first-order chi connectivity index (χ1) is 29.9. The first kappa shape index (κ1) is 47.1. The standard InChI is InChI=1S/C37H45ClN10O11P2SSi/c1-21-26-32(42-17-40-21)48(19-44-26)36-30(29(23(15-49)55-36)59-63(6,7)37(2,3)4)58-61(62,53-14-13-39-5)54-16-24-28(57-60(51)52)25(38)35(56-24)47-20-45-27-31(41-18-43-33(27)47)46-34(50)22-11-9-8-10-12-22/h8-12,17-20,23-25,28-30,35-36,49H,13-16H2,1-4,6-7H3,(H-,41,43,46,50,51,52)/p+1/t23-,24-,25-,28-,29-,30-,35-,36-,61?/m1/s1. The largest absolute Gasteiger partial charge is 0.695 e. The highest BCUT2D eigenvalue weighted by molar-refractivity contribution is 8.07. The molecule has 2 saturated heterocycles. The second-order valence-electron chi connectivity index (χ2n) is 16.1. The number of imidazole rings is 2. The van der Waals surface area contributed by atoms with E-state index in [-0.39, 0.29) is 35.2 Å². The van der Waals surface area contributed by atoms with E-state index in [1.807, 2.05) is 13.1 Å². The van der Waals surface area contributed by atoms with Crippen molar-refractivity contribution >= 4 is 80.8 Å². The van der Waals surface area contributed by atoms with Gasteiger partial charge in [0.15, 0.2) is 49.5 Å². The summed E-state index contributed by atoms with van der Waals surface area (Å²) in [6.07, 6.45) is -1.97. The van der Waals surface area contributed by atoms with Crippen LogP contribution in [0.15, 0.2) is 55.6 Å². The van der Waals surface area contributed by atoms with E-state index in [9.17, 15) is 19.4 Å². The van der Waals surface area contributed by atoms with E-state index >= 15 is 0 Å². The quantitative estimate of drug-likeness (QED) is 0.0337. The van der Waals surface area contributed by atoms with Gasteiger partial charge < -0.3 is 38.2 Å². The number of aliphatic hydroxyl groups is 1. The maximum atomic E-state index is 13.0. The Hall–Kier alpha value is -3.82. The third-order valence-corrected chi connectivity index (χ3v) is 18.7. The number of hydrogen-bond acceptors (Lipinski definition) is 17. The number of fused-ring (bicyclic) bond motifs is 2. The maximum absolute atomic E-state index is 13.0. The molecule has 3 N–H and O–H groups in total. The average molecular weight is 964 g/mol. The highest BCUT2D eigenvalue weighted by atomic mass is 35.5. The molecule has 2 aliphatic heterocycles. The van der Waals surface area contributed by atoms with Gasteiger partial charge in [0.2, 0.25) is 6.54 Å². The van der Waals surface area contributed by atoms with Crippen LogP contribution in [0.25, 0.3) is 27.2 Å². The molecule has 4 aromatic heterocycles. The number of nitrogens with one attached hydrogen (secondary N) is 1. The lowest BCUT2D eigenvalue weighted by Gasteiger charge is -2.41. The van der Waals surface area contributed by atoms with E-state index < -0.39 is 90.8 Å². The Kier molecular flexibility index (Phi) is 14.5. The number of hydrogen-bond donors (Lipinski definition) is 3. The molecule has 0 bridgehead atoms. The number of benzene rings is 1. The van der Waals surface area contributed by atoms with Gasteiger partial charge in [0, 0.05) is 10.1 Å². The molecule has 336 valence electrons. The zero-order valence-electron chi connectivity index (χ0n) is 34.9. The van der Waals surface area contributed by atoms with Crippen LogP contribution in [0.4, 0.5) is 5.82 Å². The molecular formula is C37H46ClN10O11P2SSi+. The monoisotopic (exact) mass is 963 g/mol. The molecule has 5 aromatic rings. The van der Waals surface area contributed by atoms with Gasteiger partial charge in [-0.05, 0) is 49.0 Å². The summed E-state index contributed by atoms with van der Waals surface area (Å²) in [5.41, 5.74) is 2.40. The zero-order valence-corrected chi connectivity index (χ0v) is 39.3. The van der Waals surface area contributed by atoms with Crippen molar-refractivity contribution in [1.29, 1.82) is 0 Å². The van der Waals surface area contributed by atoms with Gasteiger partial charge in [0.1, 0.15) is 54.6 Å². The van der Waals surface area contributed by atoms with Crippen molar-refractivity contribution in [3.8, 4) is 0 Å². The molecule has 0 radical (unpaired) electrons. The summed E-state index contributed by atoms with van der Waals surface area (Å²) in [6, 6.07) is 8.54. The summed E-state index contributed by atoms with van der Waals surface area (Å²) < 4.78 is 59.7. The van der Waals surface area contributed by atoms with Gasteiger partial charge in [-0.25, -0.2) is 36.5 Å². The molecule has 6 heterocycles. The third kappa shape index (κ3) is 10.0. The van der Waals surface area contributed by atoms with Crippen molar-refractivity contribution in [3.05, 3.63) is 78.3 Å². The smallest absolute Gasteiger partial charge is 0.408 e. The predicted octanol–water partition coefficient (Wildman–Crippen LogP) is 5.61. The Bertz CT molecular complexity index is 2550. The van der Waals surface area contributed by atoms with Crippen molar-refractivity contribution in [2.75, 3.05) is 31.7 Å². The molecule has 0 aliphatic carbocycles. The van der Waals surface area contributed by atoms with E-state index in [4.69, 9.17) is 62.0 Å². The van der Waals surface area contributed by atoms with Crippen LogP contribution in [0.5, 0.6) is 0 Å². The Morgan fingerprint density at radius 2 is 1.63 bits per heavy atom. The van der Waals surface area contributed by atoms with E-state index in [1.165, 1.54) is 29.9 Å². The van der Waals surface area contributed by atoms with Gasteiger partial charge >= 0.3 is 15.0 Å². The number of amides is 1. The van der Waals surface area contributed by atoms with Crippen LogP contribution in [0.2, 0.25) is 18.1 Å². The number of alkyl halides is 1. The number of aryl methyl sites for hydroxylation is 1. The van der Waals surface area contributed by atoms with Gasteiger partial charge in [-0.1, -0.05) is 39.0 Å². The Morgan fingerprint density at radius 1 is 0.984 bits per heavy atom. The highest BCUT2D eigenvalue weighted by Gasteiger charge is 2.55. The van der Waals surface area contributed by atoms with Crippen molar-refractivity contribution in [2.45, 2.75) is 94.2 Å². The number of aromatic nitrogens is 8. The Labute approximate surface area is 373 Å². The number of ether oxygens (including phenoxy) is 2. The molecule has 7 rings (SSSR count). The SMILES string of the molecule is [C-]#[N+]CCOP(=S)(OC[C@H]1O[C@@H](n2cnc3c(NC(=O)c4ccccc4)ncnc32)[C@H](Cl)[C@@H]1O[P+](=O)O)O[C@@H]1[C@H](O[Si](C)(C)C(C)(C)C)[C@@H](CO)O[C@H]1n1cnc2c(C)ncnc21. The average Bonchev–Trinajstić information content (AvgIpc) is 4.02. The van der Waals surface area contributed by atoms with Crippen molar-refractivity contribution < 1.29 is 51.4 Å². The summed E-state index contributed by atoms with van der Waals surface area (Å²) in [4.78, 5) is 52.6. The molecule has 21 nitrogen and oxygen atoms in total. The van der Waals surface area contributed by atoms with E-state index in [1.54, 1.807) is 41.8 Å². The van der Waals surface area contributed by atoms with Crippen LogP contribution in [-0.4, -0.2) is 126 Å². The molecule has 63 heavy (non-hydrogen) atoms. The normalized spacial score (nSPS) is 25.3. The van der Waals surface area contributed by atoms with Crippen LogP contribution in [0.1, 0.15) is 49.3 Å². The molecule has 10 atom stereocenters. The van der Waals surface area contributed by atoms with E-state index in [0.717, 1.165) is 0 Å². The number of carbonyl (C=O) groups excluding carboxylic acids is 1. The van der Waals surface area contributed by atoms with Crippen LogP contribution >= 0.6 is 26.6 Å². The molecule has 2 aliphatic rings. The highest BCUT2D eigenvalue weighted by Crippen LogP contribution is 2.56. The van der Waals surface area contributed by atoms with Crippen LogP contribution in [0, 0.1) is 13.5 Å². The number of nitrogens with zero attached hydrogens (tertiary/aromatic N) is 9. The topological polar surface area (TPSA) is 243 Å². The lowest BCUT2D eigenvalue weighted by molar-refractivity contribution is -0.0550. The van der Waals surface area contributed by atoms with Gasteiger partial charge in [0.05, 0.1) is 31.6 Å². The lowest BCUT2D eigenvalue weighted by Crippen LogP contribution is -2.50. The van der Waals surface area contributed by atoms with Crippen molar-refractivity contribution in [3.63, 3.8) is 0 Å². The molecule has 26 heteroatoms. The predicted molar refractivity (Wildman–Crippen MR) is 234 cm³/mol. The summed E-state index contributed by atoms with van der Waals surface area (Å²) >= 11 is 13.0. The Balaban J connectivity index is 1.19. The number of halogens is 1. The minimum Gasteiger partial charge on any atom is -0.408 e. The summed E-state index contributed by atoms with van der Waals surface area (Å²) in [7, 11) is -5.82. The number of aliphatic hydroxyl groups excluding tert-OH is 1. The third-order valence-electron chi connectivity index (χ3n) is 11.0. The molecule has 2 fully saturated rings. The fourth-order valence-electron chi connectivity index (χ4n) is 6.80. The summed E-state index contributed by atoms with van der Waals surface area (Å²) in [5.74, 6) is -0.300. The van der Waals surface area contributed by atoms with Gasteiger partial charge in [-0.3, -0.25) is 18.5 Å². The molecule has 1 aromatic carbocycles. The second kappa shape index (κ2) is 19.3. The van der Waals surface area contributed by atoms with Gasteiger partial charge in [-0.15, -0.1) is 21.0 Å². The molecular weight excluding hydrogens is 918 g/mol. The number of rotatable bonds is 17. The van der Waals surface area contributed by atoms with E-state index in [2.05, 4.69) is 60.8 Å². The number of carbonyl (C=O) groups is 1. The minimum atomic E-state index is -3.98. The van der Waals surface area contributed by atoms with Crippen molar-refractivity contribution in [1.82, 2.24) is 39.0 Å². The summed E-state index contributed by atoms with van der Waals surface area (Å²) in [5, 5.41) is 12.1. The summed E-state index contributed by atoms with van der Waals surface area (Å²) in [6.45, 7) is 14.4. The first-order valence-corrected chi connectivity index (χ1v) is 26.6. The van der Waals surface area contributed by atoms with Crippen LogP contribution in [-0.2, 0) is 48.4 Å². The van der Waals surface area contributed by atoms with Crippen LogP contribution < -0.4 is 5.32 Å². The Morgan fingerprint density at radius 3 is 2.30 bits per heavy atom. The van der Waals surface area contributed by atoms with Gasteiger partial charge in [0.25, 0.3) is 5.91 Å². The molecule has 0 spiro atoms. The molecule has 2 unspecified atom stereocenters. The molecule has 1 amide bonds. The maximum Gasteiger partial charge on any atom is 0.695 e. The fourth-order valence-corrected chi connectivity index (χ4v) is 11.1. The minimum absolute atomic E-state index is 0.0902. The number of anilines is 1. The zero-order chi connectivity index (χ0) is 45.3. The lowest BCUT2D eigenvalue weighted by atomic mass is 10.1. The van der Waals surface area contributed by atoms with Gasteiger partial charge in [-0.2, -0.15) is 0 Å². The fraction of sp³-hybridized carbons (Fsp3) is 0.514. The van der Waals surface area contributed by atoms with Crippen LogP contribution in [0.3, 0.4) is 0 Å². The second-order valence-corrected chi connectivity index (χ2v) is 25.0. The first-order valence-electron chi connectivity index (χ1n) is 19.6. The van der Waals surface area contributed by atoms with E-state index in [0.29, 0.717) is 22.4 Å². The van der Waals surface area contributed by atoms with Crippen molar-refractivity contribution in [2.24, 2.45) is 0 Å².